The second kappa shape index (κ2) is 6.97. The quantitative estimate of drug-likeness (QED) is 0.918. The van der Waals surface area contributed by atoms with Crippen molar-refractivity contribution in [3.05, 3.63) is 42.1 Å². The lowest BCUT2D eigenvalue weighted by Gasteiger charge is -2.42. The number of rotatable bonds is 4. The Morgan fingerprint density at radius 2 is 2.19 bits per heavy atom. The number of para-hydroxylation sites is 1. The molecule has 2 fully saturated rings. The molecule has 2 aliphatic heterocycles. The minimum atomic E-state index is -0.417. The predicted molar refractivity (Wildman–Crippen MR) is 102 cm³/mol. The number of nitrogens with one attached hydrogen (secondary N) is 1. The zero-order valence-corrected chi connectivity index (χ0v) is 15.6. The van der Waals surface area contributed by atoms with Gasteiger partial charge in [-0.25, -0.2) is 0 Å². The summed E-state index contributed by atoms with van der Waals surface area (Å²) in [7, 11) is 0. The molecular weight excluding hydrogens is 326 g/mol. The molecule has 1 aromatic heterocycles. The summed E-state index contributed by atoms with van der Waals surface area (Å²) in [6.45, 7) is 7.16. The summed E-state index contributed by atoms with van der Waals surface area (Å²) in [6, 6.07) is 12.6. The first kappa shape index (κ1) is 17.4. The van der Waals surface area contributed by atoms with E-state index in [0.29, 0.717) is 6.61 Å². The van der Waals surface area contributed by atoms with Gasteiger partial charge in [-0.15, -0.1) is 0 Å². The van der Waals surface area contributed by atoms with Crippen LogP contribution in [0.3, 0.4) is 0 Å². The maximum absolute atomic E-state index is 13.0. The molecule has 26 heavy (non-hydrogen) atoms. The second-order valence-corrected chi connectivity index (χ2v) is 7.89. The zero-order chi connectivity index (χ0) is 18.1. The third-order valence-electron chi connectivity index (χ3n) is 5.61. The number of nitrogens with zero attached hydrogens (tertiary/aromatic N) is 2. The first-order valence-corrected chi connectivity index (χ1v) is 9.56. The number of hydrogen-bond acceptors (Lipinski definition) is 4. The molecule has 2 saturated heterocycles. The molecule has 5 nitrogen and oxygen atoms in total. The topological polar surface area (TPSA) is 54.5 Å². The van der Waals surface area contributed by atoms with Gasteiger partial charge in [0, 0.05) is 37.7 Å². The Labute approximate surface area is 154 Å². The molecule has 4 rings (SSSR count). The van der Waals surface area contributed by atoms with Crippen LogP contribution in [0.4, 0.5) is 0 Å². The molecule has 138 valence electrons. The van der Waals surface area contributed by atoms with Crippen LogP contribution in [0.1, 0.15) is 32.4 Å². The number of carbonyl (C=O) groups is 1. The van der Waals surface area contributed by atoms with Gasteiger partial charge < -0.3 is 10.1 Å². The van der Waals surface area contributed by atoms with Crippen LogP contribution >= 0.6 is 0 Å². The number of ether oxygens (including phenoxy) is 1. The van der Waals surface area contributed by atoms with Crippen molar-refractivity contribution >= 4 is 16.8 Å². The largest absolute Gasteiger partial charge is 0.377 e. The number of carbonyl (C=O) groups excluding carboxylic acids is 1. The smallest absolute Gasteiger partial charge is 0.230 e. The molecule has 1 N–H and O–H groups in total. The van der Waals surface area contributed by atoms with Gasteiger partial charge in [0.2, 0.25) is 5.91 Å². The van der Waals surface area contributed by atoms with Crippen molar-refractivity contribution in [2.45, 2.75) is 45.4 Å². The summed E-state index contributed by atoms with van der Waals surface area (Å²) in [5.41, 5.74) is 1.66. The van der Waals surface area contributed by atoms with Gasteiger partial charge in [-0.2, -0.15) is 0 Å². The number of piperidine rings is 1. The van der Waals surface area contributed by atoms with Crippen molar-refractivity contribution in [2.24, 2.45) is 5.41 Å². The number of likely N-dealkylation sites (tertiary alicyclic amines) is 1. The summed E-state index contributed by atoms with van der Waals surface area (Å²) >= 11 is 0. The average molecular weight is 353 g/mol. The lowest BCUT2D eigenvalue weighted by Crippen LogP contribution is -2.57. The Morgan fingerprint density at radius 3 is 3.04 bits per heavy atom. The monoisotopic (exact) mass is 353 g/mol. The molecule has 2 atom stereocenters. The summed E-state index contributed by atoms with van der Waals surface area (Å²) in [6.07, 6.45) is 1.75. The van der Waals surface area contributed by atoms with Crippen molar-refractivity contribution in [3.8, 4) is 0 Å². The lowest BCUT2D eigenvalue weighted by molar-refractivity contribution is -0.140. The summed E-state index contributed by atoms with van der Waals surface area (Å²) in [5.74, 6) is 0.145. The van der Waals surface area contributed by atoms with Crippen LogP contribution in [-0.2, 0) is 16.1 Å². The molecule has 0 unspecified atom stereocenters. The Balaban J connectivity index is 1.53. The van der Waals surface area contributed by atoms with E-state index in [1.807, 2.05) is 32.0 Å². The van der Waals surface area contributed by atoms with E-state index in [-0.39, 0.29) is 18.1 Å². The Morgan fingerprint density at radius 1 is 1.35 bits per heavy atom. The van der Waals surface area contributed by atoms with E-state index in [4.69, 9.17) is 9.72 Å². The van der Waals surface area contributed by atoms with Gasteiger partial charge in [0.05, 0.1) is 22.7 Å². The van der Waals surface area contributed by atoms with E-state index in [9.17, 15) is 4.79 Å². The highest BCUT2D eigenvalue weighted by molar-refractivity contribution is 5.84. The Kier molecular flexibility index (Phi) is 4.67. The molecule has 2 aliphatic rings. The molecule has 3 heterocycles. The molecule has 1 amide bonds. The fourth-order valence-corrected chi connectivity index (χ4v) is 4.32. The summed E-state index contributed by atoms with van der Waals surface area (Å²) in [4.78, 5) is 20.1. The molecule has 0 bridgehead atoms. The second-order valence-electron chi connectivity index (χ2n) is 7.89. The maximum Gasteiger partial charge on any atom is 0.230 e. The first-order chi connectivity index (χ1) is 12.6. The average Bonchev–Trinajstić information content (AvgIpc) is 3.05. The van der Waals surface area contributed by atoms with Gasteiger partial charge in [-0.05, 0) is 38.8 Å². The fraction of sp³-hybridized carbons (Fsp3) is 0.524. The van der Waals surface area contributed by atoms with E-state index in [1.165, 1.54) is 0 Å². The normalized spacial score (nSPS) is 26.2. The first-order valence-electron chi connectivity index (χ1n) is 9.56. The minimum Gasteiger partial charge on any atom is -0.377 e. The van der Waals surface area contributed by atoms with Crippen LogP contribution in [0.25, 0.3) is 10.9 Å². The molecule has 2 aromatic rings. The molecule has 0 radical (unpaired) electrons. The van der Waals surface area contributed by atoms with Crippen LogP contribution in [0.15, 0.2) is 36.4 Å². The van der Waals surface area contributed by atoms with Gasteiger partial charge in [-0.1, -0.05) is 24.3 Å². The number of pyridine rings is 1. The van der Waals surface area contributed by atoms with Gasteiger partial charge >= 0.3 is 0 Å². The van der Waals surface area contributed by atoms with E-state index in [1.54, 1.807) is 0 Å². The lowest BCUT2D eigenvalue weighted by atomic mass is 9.75. The highest BCUT2D eigenvalue weighted by Gasteiger charge is 2.53. The third-order valence-corrected chi connectivity index (χ3v) is 5.61. The fourth-order valence-electron chi connectivity index (χ4n) is 4.32. The highest BCUT2D eigenvalue weighted by atomic mass is 16.5. The molecule has 0 aliphatic carbocycles. The van der Waals surface area contributed by atoms with Gasteiger partial charge in [0.15, 0.2) is 0 Å². The third kappa shape index (κ3) is 3.21. The van der Waals surface area contributed by atoms with Crippen LogP contribution in [-0.4, -0.2) is 47.6 Å². The van der Waals surface area contributed by atoms with Crippen LogP contribution < -0.4 is 5.32 Å². The van der Waals surface area contributed by atoms with Crippen molar-refractivity contribution in [2.75, 3.05) is 19.7 Å². The standard InChI is InChI=1S/C21H27N3O2/c1-15(2)22-20(25)21-10-12-26-19(21)9-11-24(14-21)13-17-8-7-16-5-3-4-6-18(16)23-17/h3-8,15,19H,9-14H2,1-2H3,(H,22,25)/t19-,21-/m1/s1. The van der Waals surface area contributed by atoms with Gasteiger partial charge in [-0.3, -0.25) is 14.7 Å². The number of fused-ring (bicyclic) bond motifs is 2. The molecule has 1 aromatic carbocycles. The minimum absolute atomic E-state index is 0.0436. The highest BCUT2D eigenvalue weighted by Crippen LogP contribution is 2.41. The Bertz CT molecular complexity index is 807. The van der Waals surface area contributed by atoms with Crippen molar-refractivity contribution in [1.82, 2.24) is 15.2 Å². The molecule has 0 saturated carbocycles. The van der Waals surface area contributed by atoms with Crippen LogP contribution in [0, 0.1) is 5.41 Å². The summed E-state index contributed by atoms with van der Waals surface area (Å²) in [5, 5.41) is 4.28. The van der Waals surface area contributed by atoms with Crippen molar-refractivity contribution in [1.29, 1.82) is 0 Å². The van der Waals surface area contributed by atoms with E-state index in [0.717, 1.165) is 49.1 Å². The van der Waals surface area contributed by atoms with Crippen molar-refractivity contribution in [3.63, 3.8) is 0 Å². The number of hydrogen-bond donors (Lipinski definition) is 1. The Hall–Kier alpha value is -1.98. The van der Waals surface area contributed by atoms with Crippen LogP contribution in [0.2, 0.25) is 0 Å². The number of amides is 1. The summed E-state index contributed by atoms with van der Waals surface area (Å²) < 4.78 is 5.92. The SMILES string of the molecule is CC(C)NC(=O)[C@@]12CCO[C@@H]1CCN(Cc1ccc3ccccc3n1)C2. The van der Waals surface area contributed by atoms with E-state index < -0.39 is 5.41 Å². The molecule has 5 heteroatoms. The maximum atomic E-state index is 13.0. The molecule has 0 spiro atoms. The number of benzene rings is 1. The van der Waals surface area contributed by atoms with Gasteiger partial charge in [0.1, 0.15) is 0 Å². The zero-order valence-electron chi connectivity index (χ0n) is 15.6. The van der Waals surface area contributed by atoms with Crippen molar-refractivity contribution < 1.29 is 9.53 Å². The molecular formula is C21H27N3O2. The van der Waals surface area contributed by atoms with Gasteiger partial charge in [0.25, 0.3) is 0 Å². The number of aromatic nitrogens is 1. The predicted octanol–water partition coefficient (Wildman–Crippen LogP) is 2.74. The van der Waals surface area contributed by atoms with Crippen LogP contribution in [0.5, 0.6) is 0 Å². The van der Waals surface area contributed by atoms with E-state index in [2.05, 4.69) is 28.4 Å². The van der Waals surface area contributed by atoms with E-state index >= 15 is 0 Å².